The number of nitrogens with zero attached hydrogens (tertiary/aromatic N) is 4. The van der Waals surface area contributed by atoms with Crippen LogP contribution >= 0.6 is 11.8 Å². The molecule has 1 amide bonds. The average Bonchev–Trinajstić information content (AvgIpc) is 3.28. The lowest BCUT2D eigenvalue weighted by Gasteiger charge is -2.31. The van der Waals surface area contributed by atoms with E-state index in [1.807, 2.05) is 24.3 Å². The second-order valence-corrected chi connectivity index (χ2v) is 10.5. The van der Waals surface area contributed by atoms with E-state index in [1.165, 1.54) is 63.1 Å². The summed E-state index contributed by atoms with van der Waals surface area (Å²) in [4.78, 5) is 15.3. The zero-order chi connectivity index (χ0) is 23.8. The van der Waals surface area contributed by atoms with E-state index in [0.717, 1.165) is 48.3 Å². The lowest BCUT2D eigenvalue weighted by Crippen LogP contribution is -2.36. The zero-order valence-electron chi connectivity index (χ0n) is 20.7. The van der Waals surface area contributed by atoms with Gasteiger partial charge in [-0.2, -0.15) is 0 Å². The van der Waals surface area contributed by atoms with Crippen molar-refractivity contribution in [2.45, 2.75) is 88.4 Å². The number of benzene rings is 1. The molecule has 4 rings (SSSR count). The number of nitrogens with one attached hydrogen (secondary N) is 1. The molecule has 2 aliphatic rings. The van der Waals surface area contributed by atoms with Crippen molar-refractivity contribution in [1.29, 1.82) is 0 Å². The first-order valence-electron chi connectivity index (χ1n) is 12.9. The van der Waals surface area contributed by atoms with E-state index in [2.05, 4.69) is 31.9 Å². The lowest BCUT2D eigenvalue weighted by atomic mass is 9.97. The first-order valence-corrected chi connectivity index (χ1v) is 13.9. The van der Waals surface area contributed by atoms with Crippen molar-refractivity contribution < 1.29 is 9.53 Å². The van der Waals surface area contributed by atoms with Gasteiger partial charge in [-0.1, -0.05) is 50.3 Å². The Labute approximate surface area is 208 Å². The molecule has 34 heavy (non-hydrogen) atoms. The van der Waals surface area contributed by atoms with Gasteiger partial charge in [0.1, 0.15) is 5.75 Å². The molecule has 0 unspecified atom stereocenters. The molecule has 1 N–H and O–H groups in total. The summed E-state index contributed by atoms with van der Waals surface area (Å²) in [5.41, 5.74) is 0.993. The van der Waals surface area contributed by atoms with E-state index in [9.17, 15) is 4.79 Å². The minimum atomic E-state index is 0.0884. The van der Waals surface area contributed by atoms with Crippen LogP contribution in [0.15, 0.2) is 29.4 Å². The number of likely N-dealkylation sites (tertiary alicyclic amines) is 1. The molecule has 1 saturated carbocycles. The molecule has 186 valence electrons. The van der Waals surface area contributed by atoms with E-state index in [1.54, 1.807) is 7.11 Å². The van der Waals surface area contributed by atoms with Crippen LogP contribution in [-0.2, 0) is 4.79 Å². The topological polar surface area (TPSA) is 72.3 Å². The number of aromatic nitrogens is 3. The molecular weight excluding hydrogens is 446 g/mol. The van der Waals surface area contributed by atoms with Crippen molar-refractivity contribution in [3.8, 4) is 11.4 Å². The molecule has 7 nitrogen and oxygen atoms in total. The molecule has 2 heterocycles. The normalized spacial score (nSPS) is 19.2. The van der Waals surface area contributed by atoms with Gasteiger partial charge in [0.05, 0.1) is 18.9 Å². The molecule has 0 radical (unpaired) electrons. The zero-order valence-corrected chi connectivity index (χ0v) is 21.5. The summed E-state index contributed by atoms with van der Waals surface area (Å²) in [6, 6.07) is 8.46. The molecule has 0 spiro atoms. The molecule has 8 heteroatoms. The Bertz CT molecular complexity index is 902. The maximum Gasteiger partial charge on any atom is 0.230 e. The molecule has 1 atom stereocenters. The standard InChI is InChI=1S/C26H39N5O2S/c1-20(30-17-9-6-10-18-30)25-28-29-26(31(25)22-13-15-23(33-2)16-14-22)34-19-24(32)27-21-11-7-4-3-5-8-12-21/h13-16,20-21H,3-12,17-19H2,1-2H3,(H,27,32)/t20-/m0/s1. The quantitative estimate of drug-likeness (QED) is 0.522. The summed E-state index contributed by atoms with van der Waals surface area (Å²) in [5, 5.41) is 13.2. The predicted molar refractivity (Wildman–Crippen MR) is 137 cm³/mol. The van der Waals surface area contributed by atoms with Crippen LogP contribution in [0.3, 0.4) is 0 Å². The predicted octanol–water partition coefficient (Wildman–Crippen LogP) is 5.14. The minimum Gasteiger partial charge on any atom is -0.497 e. The van der Waals surface area contributed by atoms with Gasteiger partial charge in [-0.3, -0.25) is 14.3 Å². The number of carbonyl (C=O) groups excluding carboxylic acids is 1. The van der Waals surface area contributed by atoms with Crippen molar-refractivity contribution in [3.63, 3.8) is 0 Å². The number of thioether (sulfide) groups is 1. The van der Waals surface area contributed by atoms with Crippen LogP contribution in [0.1, 0.15) is 83.0 Å². The highest BCUT2D eigenvalue weighted by molar-refractivity contribution is 7.99. The maximum absolute atomic E-state index is 12.8. The second kappa shape index (κ2) is 12.6. The van der Waals surface area contributed by atoms with Crippen LogP contribution in [0.4, 0.5) is 0 Å². The molecule has 2 aromatic rings. The lowest BCUT2D eigenvalue weighted by molar-refractivity contribution is -0.119. The number of carbonyl (C=O) groups is 1. The van der Waals surface area contributed by atoms with Crippen molar-refractivity contribution >= 4 is 17.7 Å². The average molecular weight is 486 g/mol. The third kappa shape index (κ3) is 6.54. The number of amides is 1. The van der Waals surface area contributed by atoms with Crippen molar-refractivity contribution in [3.05, 3.63) is 30.1 Å². The first-order chi connectivity index (χ1) is 16.7. The van der Waals surface area contributed by atoms with Gasteiger partial charge >= 0.3 is 0 Å². The van der Waals surface area contributed by atoms with Crippen molar-refractivity contribution in [2.75, 3.05) is 26.0 Å². The van der Waals surface area contributed by atoms with E-state index >= 15 is 0 Å². The molecule has 1 saturated heterocycles. The van der Waals surface area contributed by atoms with Crippen LogP contribution in [-0.4, -0.2) is 57.6 Å². The summed E-state index contributed by atoms with van der Waals surface area (Å²) in [5.74, 6) is 2.18. The smallest absolute Gasteiger partial charge is 0.230 e. The Hall–Kier alpha value is -2.06. The molecule has 1 aliphatic carbocycles. The molecule has 2 fully saturated rings. The van der Waals surface area contributed by atoms with E-state index in [0.29, 0.717) is 11.8 Å². The van der Waals surface area contributed by atoms with Gasteiger partial charge in [-0.05, 0) is 70.0 Å². The third-order valence-electron chi connectivity index (χ3n) is 7.10. The number of hydrogen-bond donors (Lipinski definition) is 1. The van der Waals surface area contributed by atoms with Gasteiger partial charge in [-0.15, -0.1) is 10.2 Å². The molecule has 1 aromatic carbocycles. The number of ether oxygens (including phenoxy) is 1. The summed E-state index contributed by atoms with van der Waals surface area (Å²) in [7, 11) is 1.67. The van der Waals surface area contributed by atoms with Crippen molar-refractivity contribution in [2.24, 2.45) is 0 Å². The van der Waals surface area contributed by atoms with Crippen LogP contribution in [0.5, 0.6) is 5.75 Å². The van der Waals surface area contributed by atoms with Gasteiger partial charge in [0, 0.05) is 11.7 Å². The van der Waals surface area contributed by atoms with Crippen LogP contribution in [0, 0.1) is 0 Å². The number of hydrogen-bond acceptors (Lipinski definition) is 6. The van der Waals surface area contributed by atoms with Crippen LogP contribution in [0.25, 0.3) is 5.69 Å². The second-order valence-electron chi connectivity index (χ2n) is 9.55. The Kier molecular flexibility index (Phi) is 9.27. The minimum absolute atomic E-state index is 0.0884. The number of rotatable bonds is 8. The largest absolute Gasteiger partial charge is 0.497 e. The highest BCUT2D eigenvalue weighted by Gasteiger charge is 2.26. The first kappa shape index (κ1) is 25.0. The van der Waals surface area contributed by atoms with Crippen LogP contribution < -0.4 is 10.1 Å². The highest BCUT2D eigenvalue weighted by atomic mass is 32.2. The maximum atomic E-state index is 12.8. The van der Waals surface area contributed by atoms with Crippen LogP contribution in [0.2, 0.25) is 0 Å². The summed E-state index contributed by atoms with van der Waals surface area (Å²) in [6.07, 6.45) is 12.2. The molecule has 1 aliphatic heterocycles. The number of piperidine rings is 1. The van der Waals surface area contributed by atoms with Gasteiger partial charge in [0.2, 0.25) is 5.91 Å². The molecule has 1 aromatic heterocycles. The van der Waals surface area contributed by atoms with Crippen molar-refractivity contribution in [1.82, 2.24) is 25.0 Å². The Morgan fingerprint density at radius 3 is 2.35 bits per heavy atom. The summed E-state index contributed by atoms with van der Waals surface area (Å²) >= 11 is 1.47. The fourth-order valence-electron chi connectivity index (χ4n) is 5.09. The Balaban J connectivity index is 1.49. The van der Waals surface area contributed by atoms with Gasteiger partial charge in [0.25, 0.3) is 0 Å². The summed E-state index contributed by atoms with van der Waals surface area (Å²) in [6.45, 7) is 4.39. The monoisotopic (exact) mass is 485 g/mol. The van der Waals surface area contributed by atoms with E-state index in [-0.39, 0.29) is 11.9 Å². The van der Waals surface area contributed by atoms with E-state index < -0.39 is 0 Å². The van der Waals surface area contributed by atoms with Gasteiger partial charge in [-0.25, -0.2) is 0 Å². The number of methoxy groups -OCH3 is 1. The summed E-state index contributed by atoms with van der Waals surface area (Å²) < 4.78 is 7.47. The Morgan fingerprint density at radius 1 is 1.03 bits per heavy atom. The third-order valence-corrected chi connectivity index (χ3v) is 8.03. The Morgan fingerprint density at radius 2 is 1.68 bits per heavy atom. The SMILES string of the molecule is COc1ccc(-n2c(SCC(=O)NC3CCCCCCC3)nnc2[C@H](C)N2CCCCC2)cc1. The highest BCUT2D eigenvalue weighted by Crippen LogP contribution is 2.30. The van der Waals surface area contributed by atoms with E-state index in [4.69, 9.17) is 4.74 Å². The molecule has 0 bridgehead atoms. The fraction of sp³-hybridized carbons (Fsp3) is 0.654. The van der Waals surface area contributed by atoms with Gasteiger partial charge in [0.15, 0.2) is 11.0 Å². The fourth-order valence-corrected chi connectivity index (χ4v) is 5.86. The van der Waals surface area contributed by atoms with Gasteiger partial charge < -0.3 is 10.1 Å². The molecular formula is C26H39N5O2S.